The number of nitrogen functional groups attached to an aromatic ring is 1. The van der Waals surface area contributed by atoms with Crippen LogP contribution in [0.2, 0.25) is 0 Å². The maximum absolute atomic E-state index is 5.79. The van der Waals surface area contributed by atoms with Gasteiger partial charge in [0.1, 0.15) is 0 Å². The van der Waals surface area contributed by atoms with E-state index in [2.05, 4.69) is 38.4 Å². The monoisotopic (exact) mass is 327 g/mol. The van der Waals surface area contributed by atoms with Gasteiger partial charge in [0.15, 0.2) is 0 Å². The second-order valence-electron chi connectivity index (χ2n) is 4.62. The third-order valence-corrected chi connectivity index (χ3v) is 3.63. The van der Waals surface area contributed by atoms with E-state index in [1.54, 1.807) is 6.20 Å². The number of hydrogen-bond acceptors (Lipinski definition) is 3. The van der Waals surface area contributed by atoms with Crippen molar-refractivity contribution in [1.82, 2.24) is 4.98 Å². The van der Waals surface area contributed by atoms with Crippen molar-refractivity contribution >= 4 is 38.2 Å². The standard InChI is InChI=1S/C16H14BrN3/c17-12-3-1-2-11(8-12)10-20-15-6-7-19-16-9-13(18)4-5-14(15)16/h1-9H,10,18H2,(H,19,20). The van der Waals surface area contributed by atoms with Crippen LogP contribution in [-0.2, 0) is 6.54 Å². The topological polar surface area (TPSA) is 50.9 Å². The summed E-state index contributed by atoms with van der Waals surface area (Å²) in [5.41, 5.74) is 9.71. The van der Waals surface area contributed by atoms with Crippen molar-refractivity contribution in [3.8, 4) is 0 Å². The lowest BCUT2D eigenvalue weighted by Gasteiger charge is -2.10. The molecule has 100 valence electrons. The number of benzene rings is 2. The minimum absolute atomic E-state index is 0.731. The normalized spacial score (nSPS) is 10.7. The average Bonchev–Trinajstić information content (AvgIpc) is 2.44. The lowest BCUT2D eigenvalue weighted by molar-refractivity contribution is 1.15. The van der Waals surface area contributed by atoms with Gasteiger partial charge in [-0.1, -0.05) is 28.1 Å². The number of nitrogens with zero attached hydrogens (tertiary/aromatic N) is 1. The number of fused-ring (bicyclic) bond motifs is 1. The minimum atomic E-state index is 0.731. The highest BCUT2D eigenvalue weighted by Crippen LogP contribution is 2.24. The predicted octanol–water partition coefficient (Wildman–Crippen LogP) is 4.19. The number of pyridine rings is 1. The van der Waals surface area contributed by atoms with Gasteiger partial charge in [-0.05, 0) is 42.0 Å². The molecule has 0 unspecified atom stereocenters. The van der Waals surface area contributed by atoms with Crippen molar-refractivity contribution in [1.29, 1.82) is 0 Å². The highest BCUT2D eigenvalue weighted by Gasteiger charge is 2.02. The summed E-state index contributed by atoms with van der Waals surface area (Å²) in [5, 5.41) is 4.53. The van der Waals surface area contributed by atoms with Gasteiger partial charge in [0.05, 0.1) is 5.52 Å². The molecule has 0 aliphatic carbocycles. The average molecular weight is 328 g/mol. The molecule has 0 atom stereocenters. The molecule has 4 heteroatoms. The number of aromatic nitrogens is 1. The first-order valence-corrected chi connectivity index (χ1v) is 7.14. The van der Waals surface area contributed by atoms with Crippen molar-refractivity contribution < 1.29 is 0 Å². The molecule has 3 nitrogen and oxygen atoms in total. The fraction of sp³-hybridized carbons (Fsp3) is 0.0625. The van der Waals surface area contributed by atoms with E-state index in [0.29, 0.717) is 0 Å². The van der Waals surface area contributed by atoms with Crippen LogP contribution in [0, 0.1) is 0 Å². The van der Waals surface area contributed by atoms with Crippen LogP contribution in [0.3, 0.4) is 0 Å². The van der Waals surface area contributed by atoms with Crippen LogP contribution in [0.15, 0.2) is 59.2 Å². The number of hydrogen-bond donors (Lipinski definition) is 2. The predicted molar refractivity (Wildman–Crippen MR) is 87.6 cm³/mol. The van der Waals surface area contributed by atoms with Crippen molar-refractivity contribution in [3.05, 3.63) is 64.8 Å². The van der Waals surface area contributed by atoms with Crippen LogP contribution in [0.5, 0.6) is 0 Å². The van der Waals surface area contributed by atoms with Gasteiger partial charge in [-0.25, -0.2) is 0 Å². The molecule has 0 fully saturated rings. The maximum Gasteiger partial charge on any atom is 0.0743 e. The first kappa shape index (κ1) is 12.9. The Morgan fingerprint density at radius 1 is 1.10 bits per heavy atom. The molecule has 0 saturated carbocycles. The minimum Gasteiger partial charge on any atom is -0.399 e. The fourth-order valence-electron chi connectivity index (χ4n) is 2.16. The lowest BCUT2D eigenvalue weighted by atomic mass is 10.1. The van der Waals surface area contributed by atoms with Crippen LogP contribution in [0.4, 0.5) is 11.4 Å². The van der Waals surface area contributed by atoms with Crippen molar-refractivity contribution in [2.75, 3.05) is 11.1 Å². The molecule has 3 rings (SSSR count). The highest BCUT2D eigenvalue weighted by molar-refractivity contribution is 9.10. The maximum atomic E-state index is 5.79. The Hall–Kier alpha value is -2.07. The van der Waals surface area contributed by atoms with E-state index in [-0.39, 0.29) is 0 Å². The smallest absolute Gasteiger partial charge is 0.0743 e. The fourth-order valence-corrected chi connectivity index (χ4v) is 2.61. The summed E-state index contributed by atoms with van der Waals surface area (Å²) in [6.07, 6.45) is 1.80. The first-order chi connectivity index (χ1) is 9.72. The largest absolute Gasteiger partial charge is 0.399 e. The summed E-state index contributed by atoms with van der Waals surface area (Å²) in [6.45, 7) is 0.767. The molecule has 1 aromatic heterocycles. The van der Waals surface area contributed by atoms with Crippen molar-refractivity contribution in [2.45, 2.75) is 6.54 Å². The molecular formula is C16H14BrN3. The molecule has 0 aliphatic rings. The highest BCUT2D eigenvalue weighted by atomic mass is 79.9. The Balaban J connectivity index is 1.87. The Kier molecular flexibility index (Phi) is 3.56. The first-order valence-electron chi connectivity index (χ1n) is 6.35. The van der Waals surface area contributed by atoms with Crippen molar-refractivity contribution in [3.63, 3.8) is 0 Å². The third kappa shape index (κ3) is 2.75. The van der Waals surface area contributed by atoms with Crippen LogP contribution in [0.25, 0.3) is 10.9 Å². The zero-order valence-electron chi connectivity index (χ0n) is 10.8. The van der Waals surface area contributed by atoms with E-state index in [1.165, 1.54) is 5.56 Å². The third-order valence-electron chi connectivity index (χ3n) is 3.14. The van der Waals surface area contributed by atoms with Gasteiger partial charge in [0, 0.05) is 34.0 Å². The van der Waals surface area contributed by atoms with E-state index < -0.39 is 0 Å². The molecule has 3 N–H and O–H groups in total. The summed E-state index contributed by atoms with van der Waals surface area (Å²) < 4.78 is 1.09. The molecule has 0 radical (unpaired) electrons. The molecule has 0 saturated heterocycles. The van der Waals surface area contributed by atoms with Gasteiger partial charge in [0.25, 0.3) is 0 Å². The van der Waals surface area contributed by atoms with Gasteiger partial charge >= 0.3 is 0 Å². The van der Waals surface area contributed by atoms with Crippen LogP contribution in [0.1, 0.15) is 5.56 Å². The van der Waals surface area contributed by atoms with E-state index >= 15 is 0 Å². The van der Waals surface area contributed by atoms with Crippen LogP contribution in [-0.4, -0.2) is 4.98 Å². The van der Waals surface area contributed by atoms with E-state index in [4.69, 9.17) is 5.73 Å². The zero-order chi connectivity index (χ0) is 13.9. The number of halogens is 1. The summed E-state index contributed by atoms with van der Waals surface area (Å²) in [5.74, 6) is 0. The summed E-state index contributed by atoms with van der Waals surface area (Å²) in [7, 11) is 0. The van der Waals surface area contributed by atoms with Crippen LogP contribution >= 0.6 is 15.9 Å². The molecule has 20 heavy (non-hydrogen) atoms. The zero-order valence-corrected chi connectivity index (χ0v) is 12.4. The molecule has 0 aliphatic heterocycles. The van der Waals surface area contributed by atoms with Gasteiger partial charge in [-0.3, -0.25) is 4.98 Å². The molecule has 3 aromatic rings. The number of anilines is 2. The second kappa shape index (κ2) is 5.51. The van der Waals surface area contributed by atoms with Gasteiger partial charge in [-0.2, -0.15) is 0 Å². The quantitative estimate of drug-likeness (QED) is 0.709. The number of nitrogens with one attached hydrogen (secondary N) is 1. The Morgan fingerprint density at radius 3 is 2.85 bits per heavy atom. The van der Waals surface area contributed by atoms with E-state index in [9.17, 15) is 0 Å². The SMILES string of the molecule is Nc1ccc2c(NCc3cccc(Br)c3)ccnc2c1. The summed E-state index contributed by atoms with van der Waals surface area (Å²) in [4.78, 5) is 4.34. The van der Waals surface area contributed by atoms with E-state index in [0.717, 1.165) is 33.3 Å². The Bertz CT molecular complexity index is 756. The molecule has 0 spiro atoms. The second-order valence-corrected chi connectivity index (χ2v) is 5.53. The number of rotatable bonds is 3. The van der Waals surface area contributed by atoms with Crippen LogP contribution < -0.4 is 11.1 Å². The molecular weight excluding hydrogens is 314 g/mol. The summed E-state index contributed by atoms with van der Waals surface area (Å²) >= 11 is 3.48. The van der Waals surface area contributed by atoms with Crippen molar-refractivity contribution in [2.24, 2.45) is 0 Å². The number of nitrogens with two attached hydrogens (primary N) is 1. The molecule has 2 aromatic carbocycles. The molecule has 0 amide bonds. The summed E-state index contributed by atoms with van der Waals surface area (Å²) in [6, 6.07) is 16.0. The van der Waals surface area contributed by atoms with Gasteiger partial charge < -0.3 is 11.1 Å². The molecule has 0 bridgehead atoms. The Labute approximate surface area is 126 Å². The lowest BCUT2D eigenvalue weighted by Crippen LogP contribution is -2.00. The van der Waals surface area contributed by atoms with Gasteiger partial charge in [0.2, 0.25) is 0 Å². The Morgan fingerprint density at radius 2 is 2.00 bits per heavy atom. The van der Waals surface area contributed by atoms with Gasteiger partial charge in [-0.15, -0.1) is 0 Å². The van der Waals surface area contributed by atoms with E-state index in [1.807, 2.05) is 36.4 Å². The molecule has 1 heterocycles.